The zero-order chi connectivity index (χ0) is 16.5. The van der Waals surface area contributed by atoms with Gasteiger partial charge >= 0.3 is 0 Å². The predicted molar refractivity (Wildman–Crippen MR) is 83.8 cm³/mol. The second-order valence-corrected chi connectivity index (χ2v) is 7.88. The maximum absolute atomic E-state index is 12.9. The van der Waals surface area contributed by atoms with Crippen molar-refractivity contribution in [2.24, 2.45) is 5.92 Å². The van der Waals surface area contributed by atoms with E-state index in [1.54, 1.807) is 0 Å². The van der Waals surface area contributed by atoms with Crippen LogP contribution in [-0.4, -0.2) is 42.7 Å². The van der Waals surface area contributed by atoms with Crippen LogP contribution in [0.4, 0.5) is 5.82 Å². The third-order valence-corrected chi connectivity index (χ3v) is 5.56. The van der Waals surface area contributed by atoms with Crippen LogP contribution in [0.15, 0.2) is 17.2 Å². The van der Waals surface area contributed by atoms with Crippen molar-refractivity contribution in [2.45, 2.75) is 31.2 Å². The molecule has 2 rings (SSSR count). The Hall–Kier alpha value is -1.38. The van der Waals surface area contributed by atoms with Crippen LogP contribution in [-0.2, 0) is 14.8 Å². The van der Waals surface area contributed by atoms with E-state index >= 15 is 0 Å². The van der Waals surface area contributed by atoms with Crippen molar-refractivity contribution in [3.8, 4) is 0 Å². The Bertz CT molecular complexity index is 678. The summed E-state index contributed by atoms with van der Waals surface area (Å²) in [5.74, 6) is -0.253. The number of anilines is 1. The molecule has 1 aromatic rings. The molecule has 22 heavy (non-hydrogen) atoms. The number of nitrogens with zero attached hydrogens (tertiary/aromatic N) is 2. The molecule has 0 spiro atoms. The molecule has 0 bridgehead atoms. The fraction of sp³-hybridized carbons (Fsp3) is 0.538. The average molecular weight is 347 g/mol. The van der Waals surface area contributed by atoms with Gasteiger partial charge in [0.15, 0.2) is 0 Å². The van der Waals surface area contributed by atoms with E-state index in [4.69, 9.17) is 17.3 Å². The second kappa shape index (κ2) is 6.39. The van der Waals surface area contributed by atoms with Crippen molar-refractivity contribution < 1.29 is 13.2 Å². The number of halogens is 1. The van der Waals surface area contributed by atoms with Crippen LogP contribution in [0.3, 0.4) is 0 Å². The van der Waals surface area contributed by atoms with E-state index in [2.05, 4.69) is 10.3 Å². The summed E-state index contributed by atoms with van der Waals surface area (Å²) in [4.78, 5) is 15.7. The Kier molecular flexibility index (Phi) is 4.93. The lowest BCUT2D eigenvalue weighted by Crippen LogP contribution is -2.57. The molecule has 0 aliphatic carbocycles. The molecule has 1 aromatic heterocycles. The number of nitrogens with one attached hydrogen (secondary N) is 1. The number of nitrogens with two attached hydrogens (primary N) is 1. The van der Waals surface area contributed by atoms with E-state index in [0.717, 1.165) is 0 Å². The highest BCUT2D eigenvalue weighted by Gasteiger charge is 2.39. The molecule has 1 saturated heterocycles. The van der Waals surface area contributed by atoms with Gasteiger partial charge in [-0.15, -0.1) is 0 Å². The summed E-state index contributed by atoms with van der Waals surface area (Å²) in [6, 6.07) is 0.509. The number of hydrogen-bond acceptors (Lipinski definition) is 5. The summed E-state index contributed by atoms with van der Waals surface area (Å²) in [6.07, 6.45) is 1.71. The molecule has 1 amide bonds. The maximum atomic E-state index is 12.9. The van der Waals surface area contributed by atoms with Gasteiger partial charge in [-0.2, -0.15) is 4.31 Å². The minimum atomic E-state index is -3.94. The molecule has 0 aromatic carbocycles. The lowest BCUT2D eigenvalue weighted by Gasteiger charge is -2.35. The van der Waals surface area contributed by atoms with E-state index in [0.29, 0.717) is 6.42 Å². The van der Waals surface area contributed by atoms with E-state index in [-0.39, 0.29) is 40.7 Å². The number of sulfonamides is 1. The third kappa shape index (κ3) is 3.34. The van der Waals surface area contributed by atoms with Crippen LogP contribution in [0.1, 0.15) is 20.3 Å². The van der Waals surface area contributed by atoms with Gasteiger partial charge in [-0.05, 0) is 18.4 Å². The molecular weight excluding hydrogens is 328 g/mol. The first kappa shape index (κ1) is 17.0. The number of aromatic nitrogens is 1. The maximum Gasteiger partial charge on any atom is 0.247 e. The monoisotopic (exact) mass is 346 g/mol. The SMILES string of the molecule is CC(C)C[C@H]1C(=O)NCCN1S(=O)(=O)c1cc(Cl)cnc1N. The Balaban J connectivity index is 2.45. The number of carbonyl (C=O) groups is 1. The summed E-state index contributed by atoms with van der Waals surface area (Å²) in [5, 5.41) is 2.87. The number of rotatable bonds is 4. The van der Waals surface area contributed by atoms with Gasteiger partial charge in [-0.1, -0.05) is 25.4 Å². The largest absolute Gasteiger partial charge is 0.383 e. The van der Waals surface area contributed by atoms with Crippen LogP contribution in [0.25, 0.3) is 0 Å². The normalized spacial score (nSPS) is 20.2. The van der Waals surface area contributed by atoms with Gasteiger partial charge in [0.1, 0.15) is 16.8 Å². The van der Waals surface area contributed by atoms with Gasteiger partial charge in [-0.3, -0.25) is 4.79 Å². The molecule has 1 atom stereocenters. The van der Waals surface area contributed by atoms with Gasteiger partial charge in [0.2, 0.25) is 15.9 Å². The molecule has 9 heteroatoms. The summed E-state index contributed by atoms with van der Waals surface area (Å²) >= 11 is 5.83. The Morgan fingerprint density at radius 2 is 2.23 bits per heavy atom. The Morgan fingerprint density at radius 3 is 2.86 bits per heavy atom. The van der Waals surface area contributed by atoms with Crippen LogP contribution >= 0.6 is 11.6 Å². The third-order valence-electron chi connectivity index (χ3n) is 3.41. The minimum Gasteiger partial charge on any atom is -0.383 e. The number of nitrogen functional groups attached to an aromatic ring is 1. The standard InChI is InChI=1S/C13H19ClN4O3S/c1-8(2)5-10-13(19)16-3-4-18(10)22(20,21)11-6-9(14)7-17-12(11)15/h6-8,10H,3-5H2,1-2H3,(H2,15,17)(H,16,19)/t10-/m0/s1. The number of pyridine rings is 1. The molecule has 1 aliphatic heterocycles. The number of carbonyl (C=O) groups excluding carboxylic acids is 1. The molecule has 122 valence electrons. The average Bonchev–Trinajstić information content (AvgIpc) is 2.43. The van der Waals surface area contributed by atoms with Gasteiger partial charge in [-0.25, -0.2) is 13.4 Å². The quantitative estimate of drug-likeness (QED) is 0.840. The lowest BCUT2D eigenvalue weighted by atomic mass is 10.0. The highest BCUT2D eigenvalue weighted by molar-refractivity contribution is 7.89. The predicted octanol–water partition coefficient (Wildman–Crippen LogP) is 0.852. The summed E-state index contributed by atoms with van der Waals surface area (Å²) < 4.78 is 26.9. The van der Waals surface area contributed by atoms with Crippen molar-refractivity contribution in [1.29, 1.82) is 0 Å². The number of amides is 1. The topological polar surface area (TPSA) is 105 Å². The smallest absolute Gasteiger partial charge is 0.247 e. The fourth-order valence-electron chi connectivity index (χ4n) is 2.42. The van der Waals surface area contributed by atoms with Crippen molar-refractivity contribution in [3.63, 3.8) is 0 Å². The lowest BCUT2D eigenvalue weighted by molar-refractivity contribution is -0.127. The molecule has 1 fully saturated rings. The highest BCUT2D eigenvalue weighted by atomic mass is 35.5. The van der Waals surface area contributed by atoms with Gasteiger partial charge in [0, 0.05) is 19.3 Å². The molecule has 2 heterocycles. The summed E-state index contributed by atoms with van der Waals surface area (Å²) in [7, 11) is -3.94. The Labute approximate surface area is 134 Å². The second-order valence-electron chi connectivity index (χ2n) is 5.59. The molecule has 1 aliphatic rings. The molecule has 0 unspecified atom stereocenters. The fourth-order valence-corrected chi connectivity index (χ4v) is 4.33. The minimum absolute atomic E-state index is 0.126. The molecule has 3 N–H and O–H groups in total. The van der Waals surface area contributed by atoms with Gasteiger partial charge in [0.25, 0.3) is 0 Å². The highest BCUT2D eigenvalue weighted by Crippen LogP contribution is 2.27. The van der Waals surface area contributed by atoms with Crippen molar-refractivity contribution in [2.75, 3.05) is 18.8 Å². The van der Waals surface area contributed by atoms with Gasteiger partial charge in [0.05, 0.1) is 5.02 Å². The van der Waals surface area contributed by atoms with E-state index < -0.39 is 16.1 Å². The van der Waals surface area contributed by atoms with Crippen molar-refractivity contribution >= 4 is 33.3 Å². The zero-order valence-electron chi connectivity index (χ0n) is 12.4. The summed E-state index contributed by atoms with van der Waals surface area (Å²) in [6.45, 7) is 4.32. The van der Waals surface area contributed by atoms with Gasteiger partial charge < -0.3 is 11.1 Å². The molecular formula is C13H19ClN4O3S. The van der Waals surface area contributed by atoms with E-state index in [1.165, 1.54) is 16.6 Å². The van der Waals surface area contributed by atoms with Crippen LogP contribution in [0.2, 0.25) is 5.02 Å². The Morgan fingerprint density at radius 1 is 1.55 bits per heavy atom. The molecule has 7 nitrogen and oxygen atoms in total. The van der Waals surface area contributed by atoms with Crippen molar-refractivity contribution in [1.82, 2.24) is 14.6 Å². The van der Waals surface area contributed by atoms with E-state index in [9.17, 15) is 13.2 Å². The van der Waals surface area contributed by atoms with Crippen LogP contribution in [0, 0.1) is 5.92 Å². The zero-order valence-corrected chi connectivity index (χ0v) is 14.0. The van der Waals surface area contributed by atoms with E-state index in [1.807, 2.05) is 13.8 Å². The first-order valence-electron chi connectivity index (χ1n) is 6.94. The number of piperazine rings is 1. The first-order chi connectivity index (χ1) is 10.2. The summed E-state index contributed by atoms with van der Waals surface area (Å²) in [5.41, 5.74) is 5.69. The molecule has 0 saturated carbocycles. The first-order valence-corrected chi connectivity index (χ1v) is 8.76. The number of hydrogen-bond donors (Lipinski definition) is 2. The van der Waals surface area contributed by atoms with Crippen LogP contribution < -0.4 is 11.1 Å². The molecule has 0 radical (unpaired) electrons. The van der Waals surface area contributed by atoms with Crippen molar-refractivity contribution in [3.05, 3.63) is 17.3 Å². The van der Waals surface area contributed by atoms with Crippen LogP contribution in [0.5, 0.6) is 0 Å².